The highest BCUT2D eigenvalue weighted by atomic mass is 16.5. The third-order valence-corrected chi connectivity index (χ3v) is 4.31. The Kier molecular flexibility index (Phi) is 4.93. The molecule has 1 amide bonds. The van der Waals surface area contributed by atoms with Gasteiger partial charge in [0.1, 0.15) is 11.5 Å². The van der Waals surface area contributed by atoms with Crippen LogP contribution >= 0.6 is 0 Å². The van der Waals surface area contributed by atoms with Gasteiger partial charge in [0.25, 0.3) is 11.5 Å². The molecular formula is C20H20N2O4. The zero-order chi connectivity index (χ0) is 18.7. The van der Waals surface area contributed by atoms with Crippen molar-refractivity contribution in [3.8, 4) is 11.5 Å². The number of aromatic amines is 1. The quantitative estimate of drug-likeness (QED) is 0.740. The number of hydrogen-bond acceptors (Lipinski definition) is 4. The van der Waals surface area contributed by atoms with Crippen LogP contribution in [0, 0.1) is 0 Å². The second-order valence-corrected chi connectivity index (χ2v) is 5.88. The van der Waals surface area contributed by atoms with Crippen molar-refractivity contribution in [1.82, 2.24) is 10.3 Å². The smallest absolute Gasteiger partial charge is 0.255 e. The van der Waals surface area contributed by atoms with Gasteiger partial charge in [0.2, 0.25) is 0 Å². The van der Waals surface area contributed by atoms with Gasteiger partial charge in [0.05, 0.1) is 25.8 Å². The Balaban J connectivity index is 1.94. The van der Waals surface area contributed by atoms with Gasteiger partial charge in [-0.05, 0) is 31.2 Å². The molecule has 0 spiro atoms. The van der Waals surface area contributed by atoms with Gasteiger partial charge < -0.3 is 19.8 Å². The number of nitrogens with one attached hydrogen (secondary N) is 2. The second kappa shape index (κ2) is 7.31. The Bertz CT molecular complexity index is 1010. The summed E-state index contributed by atoms with van der Waals surface area (Å²) in [5, 5.41) is 4.04. The van der Waals surface area contributed by atoms with Gasteiger partial charge >= 0.3 is 0 Å². The summed E-state index contributed by atoms with van der Waals surface area (Å²) in [6.45, 7) is 1.86. The van der Waals surface area contributed by atoms with E-state index < -0.39 is 0 Å². The molecule has 0 aliphatic heterocycles. The maximum absolute atomic E-state index is 12.8. The standard InChI is InChI=1S/C20H20N2O4/c1-12(16-10-13(25-2)8-9-18(16)26-3)22-20(24)17-11-21-19(23)15-7-5-4-6-14(15)17/h4-12H,1-3H3,(H,21,23)(H,22,24). The molecule has 0 fully saturated rings. The highest BCUT2D eigenvalue weighted by molar-refractivity contribution is 6.06. The summed E-state index contributed by atoms with van der Waals surface area (Å²) in [6, 6.07) is 12.1. The average Bonchev–Trinajstić information content (AvgIpc) is 2.67. The SMILES string of the molecule is COc1ccc(OC)c(C(C)NC(=O)c2c[nH]c(=O)c3ccccc23)c1. The molecule has 0 saturated heterocycles. The number of fused-ring (bicyclic) bond motifs is 1. The number of amides is 1. The first-order valence-electron chi connectivity index (χ1n) is 8.18. The molecule has 3 rings (SSSR count). The monoisotopic (exact) mass is 352 g/mol. The third kappa shape index (κ3) is 3.26. The molecule has 26 heavy (non-hydrogen) atoms. The van der Waals surface area contributed by atoms with Crippen LogP contribution in [0.5, 0.6) is 11.5 Å². The van der Waals surface area contributed by atoms with Crippen LogP contribution in [0.1, 0.15) is 28.9 Å². The largest absolute Gasteiger partial charge is 0.497 e. The molecule has 1 unspecified atom stereocenters. The molecule has 0 aliphatic rings. The summed E-state index contributed by atoms with van der Waals surface area (Å²) in [5.74, 6) is 1.05. The summed E-state index contributed by atoms with van der Waals surface area (Å²) in [7, 11) is 3.16. The fourth-order valence-corrected chi connectivity index (χ4v) is 2.93. The summed E-state index contributed by atoms with van der Waals surface area (Å²) < 4.78 is 10.6. The molecule has 3 aromatic rings. The van der Waals surface area contributed by atoms with Crippen molar-refractivity contribution in [1.29, 1.82) is 0 Å². The topological polar surface area (TPSA) is 80.4 Å². The van der Waals surface area contributed by atoms with E-state index in [1.807, 2.05) is 13.0 Å². The Morgan fingerprint density at radius 2 is 1.81 bits per heavy atom. The van der Waals surface area contributed by atoms with Gasteiger partial charge in [0, 0.05) is 22.5 Å². The maximum Gasteiger partial charge on any atom is 0.255 e. The van der Waals surface area contributed by atoms with E-state index in [9.17, 15) is 9.59 Å². The van der Waals surface area contributed by atoms with E-state index in [0.29, 0.717) is 27.8 Å². The van der Waals surface area contributed by atoms with Crippen LogP contribution in [0.25, 0.3) is 10.8 Å². The van der Waals surface area contributed by atoms with E-state index in [1.165, 1.54) is 6.20 Å². The molecule has 2 aromatic carbocycles. The molecule has 0 bridgehead atoms. The molecular weight excluding hydrogens is 332 g/mol. The van der Waals surface area contributed by atoms with Gasteiger partial charge in [-0.3, -0.25) is 9.59 Å². The van der Waals surface area contributed by atoms with Crippen molar-refractivity contribution in [2.75, 3.05) is 14.2 Å². The highest BCUT2D eigenvalue weighted by Gasteiger charge is 2.18. The fourth-order valence-electron chi connectivity index (χ4n) is 2.93. The Hall–Kier alpha value is -3.28. The number of methoxy groups -OCH3 is 2. The minimum Gasteiger partial charge on any atom is -0.497 e. The van der Waals surface area contributed by atoms with Crippen LogP contribution in [0.15, 0.2) is 53.5 Å². The number of carbonyl (C=O) groups is 1. The lowest BCUT2D eigenvalue weighted by atomic mass is 10.0. The lowest BCUT2D eigenvalue weighted by molar-refractivity contribution is 0.0940. The summed E-state index contributed by atoms with van der Waals surface area (Å²) in [4.78, 5) is 27.4. The maximum atomic E-state index is 12.8. The van der Waals surface area contributed by atoms with E-state index in [1.54, 1.807) is 50.6 Å². The summed E-state index contributed by atoms with van der Waals surface area (Å²) in [6.07, 6.45) is 1.44. The lowest BCUT2D eigenvalue weighted by Gasteiger charge is -2.18. The molecule has 2 N–H and O–H groups in total. The summed E-state index contributed by atoms with van der Waals surface area (Å²) >= 11 is 0. The van der Waals surface area contributed by atoms with Crippen molar-refractivity contribution in [2.24, 2.45) is 0 Å². The van der Waals surface area contributed by atoms with Crippen LogP contribution in [-0.2, 0) is 0 Å². The third-order valence-electron chi connectivity index (χ3n) is 4.31. The zero-order valence-corrected chi connectivity index (χ0v) is 14.8. The van der Waals surface area contributed by atoms with E-state index in [-0.39, 0.29) is 17.5 Å². The van der Waals surface area contributed by atoms with Gasteiger partial charge in [-0.2, -0.15) is 0 Å². The molecule has 1 aromatic heterocycles. The first kappa shape index (κ1) is 17.5. The number of pyridine rings is 1. The van der Waals surface area contributed by atoms with Crippen molar-refractivity contribution in [3.63, 3.8) is 0 Å². The summed E-state index contributed by atoms with van der Waals surface area (Å²) in [5.41, 5.74) is 0.988. The van der Waals surface area contributed by atoms with Crippen LogP contribution in [0.2, 0.25) is 0 Å². The van der Waals surface area contributed by atoms with Crippen LogP contribution in [0.3, 0.4) is 0 Å². The number of carbonyl (C=O) groups excluding carboxylic acids is 1. The van der Waals surface area contributed by atoms with Gasteiger partial charge in [0.15, 0.2) is 0 Å². The highest BCUT2D eigenvalue weighted by Crippen LogP contribution is 2.29. The minimum atomic E-state index is -0.321. The number of benzene rings is 2. The Labute approximate surface area is 150 Å². The normalized spacial score (nSPS) is 11.8. The van der Waals surface area contributed by atoms with E-state index >= 15 is 0 Å². The molecule has 6 nitrogen and oxygen atoms in total. The van der Waals surface area contributed by atoms with Crippen molar-refractivity contribution in [2.45, 2.75) is 13.0 Å². The Morgan fingerprint density at radius 3 is 2.50 bits per heavy atom. The molecule has 0 radical (unpaired) electrons. The zero-order valence-electron chi connectivity index (χ0n) is 14.8. The van der Waals surface area contributed by atoms with Gasteiger partial charge in [-0.15, -0.1) is 0 Å². The van der Waals surface area contributed by atoms with E-state index in [0.717, 1.165) is 5.56 Å². The number of aromatic nitrogens is 1. The van der Waals surface area contributed by atoms with Crippen molar-refractivity contribution >= 4 is 16.7 Å². The molecule has 1 heterocycles. The predicted octanol–water partition coefficient (Wildman–Crippen LogP) is 3.04. The lowest BCUT2D eigenvalue weighted by Crippen LogP contribution is -2.28. The molecule has 0 saturated carbocycles. The van der Waals surface area contributed by atoms with Crippen LogP contribution in [-0.4, -0.2) is 25.1 Å². The fraction of sp³-hybridized carbons (Fsp3) is 0.200. The molecule has 6 heteroatoms. The van der Waals surface area contributed by atoms with Crippen molar-refractivity contribution in [3.05, 3.63) is 70.1 Å². The van der Waals surface area contributed by atoms with E-state index in [4.69, 9.17) is 9.47 Å². The average molecular weight is 352 g/mol. The molecule has 0 aliphatic carbocycles. The second-order valence-electron chi connectivity index (χ2n) is 5.88. The Morgan fingerprint density at radius 1 is 1.08 bits per heavy atom. The molecule has 1 atom stereocenters. The predicted molar refractivity (Wildman–Crippen MR) is 100.0 cm³/mol. The first-order chi connectivity index (χ1) is 12.5. The number of rotatable bonds is 5. The first-order valence-corrected chi connectivity index (χ1v) is 8.18. The van der Waals surface area contributed by atoms with Crippen LogP contribution < -0.4 is 20.3 Å². The number of H-pyrrole nitrogens is 1. The molecule has 134 valence electrons. The van der Waals surface area contributed by atoms with Crippen LogP contribution in [0.4, 0.5) is 0 Å². The number of hydrogen-bond donors (Lipinski definition) is 2. The van der Waals surface area contributed by atoms with E-state index in [2.05, 4.69) is 10.3 Å². The van der Waals surface area contributed by atoms with Gasteiger partial charge in [-0.25, -0.2) is 0 Å². The minimum absolute atomic E-state index is 0.223. The van der Waals surface area contributed by atoms with Gasteiger partial charge in [-0.1, -0.05) is 18.2 Å². The number of ether oxygens (including phenoxy) is 2. The van der Waals surface area contributed by atoms with Crippen molar-refractivity contribution < 1.29 is 14.3 Å².